The average molecular weight is 361 g/mol. The van der Waals surface area contributed by atoms with E-state index >= 15 is 0 Å². The van der Waals surface area contributed by atoms with Crippen LogP contribution in [0.4, 0.5) is 0 Å². The van der Waals surface area contributed by atoms with Crippen LogP contribution in [0.2, 0.25) is 5.02 Å². The fourth-order valence-corrected chi connectivity index (χ4v) is 3.11. The summed E-state index contributed by atoms with van der Waals surface area (Å²) >= 11 is 6.00. The number of nitrogens with two attached hydrogens (primary N) is 1. The maximum atomic E-state index is 12.4. The Balaban J connectivity index is 2.02. The van der Waals surface area contributed by atoms with E-state index < -0.39 is 6.04 Å². The molecule has 0 spiro atoms. The number of nitrogens with zero attached hydrogens (tertiary/aromatic N) is 2. The highest BCUT2D eigenvalue weighted by Gasteiger charge is 2.29. The minimum absolute atomic E-state index is 0.127. The zero-order valence-electron chi connectivity index (χ0n) is 14.7. The van der Waals surface area contributed by atoms with Gasteiger partial charge in [-0.3, -0.25) is 4.79 Å². The second-order valence-electron chi connectivity index (χ2n) is 6.27. The smallest absolute Gasteiger partial charge is 0.237 e. The second-order valence-corrected chi connectivity index (χ2v) is 6.71. The summed E-state index contributed by atoms with van der Waals surface area (Å²) in [5.41, 5.74) is 7.99. The van der Waals surface area contributed by atoms with Crippen LogP contribution < -0.4 is 11.1 Å². The van der Waals surface area contributed by atoms with Crippen molar-refractivity contribution in [1.29, 1.82) is 0 Å². The predicted molar refractivity (Wildman–Crippen MR) is 100 cm³/mol. The Bertz CT molecular complexity index is 672. The first kappa shape index (κ1) is 19.3. The number of aromatic nitrogens is 2. The zero-order valence-corrected chi connectivity index (χ0v) is 15.5. The van der Waals surface area contributed by atoms with Crippen LogP contribution in [0.3, 0.4) is 0 Å². The van der Waals surface area contributed by atoms with E-state index in [4.69, 9.17) is 17.3 Å². The molecule has 0 aliphatic heterocycles. The molecular weight excluding hydrogens is 336 g/mol. The Labute approximate surface area is 154 Å². The fourth-order valence-electron chi connectivity index (χ4n) is 2.99. The van der Waals surface area contributed by atoms with Gasteiger partial charge in [-0.2, -0.15) is 10.2 Å². The van der Waals surface area contributed by atoms with Crippen LogP contribution in [0.25, 0.3) is 0 Å². The van der Waals surface area contributed by atoms with Crippen LogP contribution in [0.15, 0.2) is 42.7 Å². The van der Waals surface area contributed by atoms with Crippen molar-refractivity contribution in [2.45, 2.75) is 44.6 Å². The summed E-state index contributed by atoms with van der Waals surface area (Å²) < 4.78 is 0. The minimum atomic E-state index is -0.610. The SMILES string of the molecule is CCC(CC)(CNC(=O)C(N)Cc1ccnnc1)c1ccc(Cl)cc1. The van der Waals surface area contributed by atoms with Crippen molar-refractivity contribution in [2.75, 3.05) is 6.54 Å². The van der Waals surface area contributed by atoms with E-state index in [0.29, 0.717) is 18.0 Å². The number of benzene rings is 1. The van der Waals surface area contributed by atoms with Gasteiger partial charge in [0.25, 0.3) is 0 Å². The molecule has 1 aromatic heterocycles. The monoisotopic (exact) mass is 360 g/mol. The Hall–Kier alpha value is -1.98. The van der Waals surface area contributed by atoms with Gasteiger partial charge in [0.2, 0.25) is 5.91 Å². The number of hydrogen-bond donors (Lipinski definition) is 2. The van der Waals surface area contributed by atoms with Gasteiger partial charge in [-0.25, -0.2) is 0 Å². The van der Waals surface area contributed by atoms with Gasteiger partial charge in [0.05, 0.1) is 12.2 Å². The third kappa shape index (κ3) is 5.00. The Morgan fingerprint density at radius 3 is 2.44 bits per heavy atom. The molecule has 1 aromatic carbocycles. The van der Waals surface area contributed by atoms with E-state index in [1.54, 1.807) is 12.4 Å². The number of nitrogens with one attached hydrogen (secondary N) is 1. The second kappa shape index (κ2) is 8.92. The van der Waals surface area contributed by atoms with Gasteiger partial charge in [-0.1, -0.05) is 37.6 Å². The summed E-state index contributed by atoms with van der Waals surface area (Å²) in [5.74, 6) is -0.156. The first-order chi connectivity index (χ1) is 12.0. The number of carbonyl (C=O) groups is 1. The molecule has 0 aliphatic carbocycles. The first-order valence-electron chi connectivity index (χ1n) is 8.55. The van der Waals surface area contributed by atoms with Crippen LogP contribution in [-0.4, -0.2) is 28.7 Å². The number of amides is 1. The molecule has 1 atom stereocenters. The van der Waals surface area contributed by atoms with E-state index in [9.17, 15) is 4.79 Å². The van der Waals surface area contributed by atoms with Crippen LogP contribution in [-0.2, 0) is 16.6 Å². The van der Waals surface area contributed by atoms with Crippen molar-refractivity contribution >= 4 is 17.5 Å². The largest absolute Gasteiger partial charge is 0.354 e. The third-order valence-electron chi connectivity index (χ3n) is 4.85. The van der Waals surface area contributed by atoms with Gasteiger partial charge in [0.15, 0.2) is 0 Å². The Morgan fingerprint density at radius 2 is 1.88 bits per heavy atom. The van der Waals surface area contributed by atoms with E-state index in [0.717, 1.165) is 18.4 Å². The van der Waals surface area contributed by atoms with E-state index in [2.05, 4.69) is 29.4 Å². The molecule has 6 heteroatoms. The van der Waals surface area contributed by atoms with Crippen LogP contribution in [0, 0.1) is 0 Å². The summed E-state index contributed by atoms with van der Waals surface area (Å²) in [4.78, 5) is 12.4. The summed E-state index contributed by atoms with van der Waals surface area (Å²) in [6.07, 6.45) is 5.49. The molecule has 2 aromatic rings. The van der Waals surface area contributed by atoms with E-state index in [1.807, 2.05) is 30.3 Å². The molecular formula is C19H25ClN4O. The van der Waals surface area contributed by atoms with Gasteiger partial charge in [0, 0.05) is 23.2 Å². The molecule has 0 radical (unpaired) electrons. The lowest BCUT2D eigenvalue weighted by Crippen LogP contribution is -2.47. The van der Waals surface area contributed by atoms with Gasteiger partial charge >= 0.3 is 0 Å². The lowest BCUT2D eigenvalue weighted by molar-refractivity contribution is -0.122. The number of carbonyl (C=O) groups excluding carboxylic acids is 1. The number of rotatable bonds is 8. The van der Waals surface area contributed by atoms with Gasteiger partial charge in [-0.15, -0.1) is 0 Å². The molecule has 1 amide bonds. The summed E-state index contributed by atoms with van der Waals surface area (Å²) in [5, 5.41) is 11.3. The maximum absolute atomic E-state index is 12.4. The van der Waals surface area contributed by atoms with Gasteiger partial charge < -0.3 is 11.1 Å². The molecule has 25 heavy (non-hydrogen) atoms. The molecule has 134 valence electrons. The predicted octanol–water partition coefficient (Wildman–Crippen LogP) is 2.87. The minimum Gasteiger partial charge on any atom is -0.354 e. The number of hydrogen-bond acceptors (Lipinski definition) is 4. The highest BCUT2D eigenvalue weighted by Crippen LogP contribution is 2.31. The molecule has 0 saturated carbocycles. The van der Waals surface area contributed by atoms with Crippen molar-refractivity contribution < 1.29 is 4.79 Å². The third-order valence-corrected chi connectivity index (χ3v) is 5.10. The molecule has 1 unspecified atom stereocenters. The van der Waals surface area contributed by atoms with Gasteiger partial charge in [0.1, 0.15) is 0 Å². The van der Waals surface area contributed by atoms with Crippen molar-refractivity contribution in [2.24, 2.45) is 5.73 Å². The van der Waals surface area contributed by atoms with Crippen molar-refractivity contribution in [3.8, 4) is 0 Å². The van der Waals surface area contributed by atoms with Crippen molar-refractivity contribution in [3.05, 3.63) is 58.9 Å². The van der Waals surface area contributed by atoms with Crippen molar-refractivity contribution in [1.82, 2.24) is 15.5 Å². The summed E-state index contributed by atoms with van der Waals surface area (Å²) in [6, 6.07) is 9.05. The Kier molecular flexibility index (Phi) is 6.91. The molecule has 0 bridgehead atoms. The zero-order chi connectivity index (χ0) is 18.3. The lowest BCUT2D eigenvalue weighted by Gasteiger charge is -2.33. The summed E-state index contributed by atoms with van der Waals surface area (Å²) in [7, 11) is 0. The average Bonchev–Trinajstić information content (AvgIpc) is 2.64. The van der Waals surface area contributed by atoms with E-state index in [1.165, 1.54) is 5.56 Å². The first-order valence-corrected chi connectivity index (χ1v) is 8.93. The quantitative estimate of drug-likeness (QED) is 0.758. The normalized spacial score (nSPS) is 12.6. The topological polar surface area (TPSA) is 80.9 Å². The van der Waals surface area contributed by atoms with Gasteiger partial charge in [-0.05, 0) is 48.6 Å². The molecule has 0 aliphatic rings. The van der Waals surface area contributed by atoms with Crippen molar-refractivity contribution in [3.63, 3.8) is 0 Å². The molecule has 1 heterocycles. The maximum Gasteiger partial charge on any atom is 0.237 e. The molecule has 3 N–H and O–H groups in total. The molecule has 0 fully saturated rings. The standard InChI is InChI=1S/C19H25ClN4O/c1-3-19(4-2,15-5-7-16(20)8-6-15)13-22-18(25)17(21)11-14-9-10-23-24-12-14/h5-10,12,17H,3-4,11,13,21H2,1-2H3,(H,22,25). The van der Waals surface area contributed by atoms with Crippen LogP contribution in [0.5, 0.6) is 0 Å². The fraction of sp³-hybridized carbons (Fsp3) is 0.421. The molecule has 2 rings (SSSR count). The highest BCUT2D eigenvalue weighted by molar-refractivity contribution is 6.30. The van der Waals surface area contributed by atoms with Crippen LogP contribution >= 0.6 is 11.6 Å². The highest BCUT2D eigenvalue weighted by atomic mass is 35.5. The van der Waals surface area contributed by atoms with Crippen LogP contribution in [0.1, 0.15) is 37.8 Å². The lowest BCUT2D eigenvalue weighted by atomic mass is 9.75. The van der Waals surface area contributed by atoms with E-state index in [-0.39, 0.29) is 11.3 Å². The molecule has 5 nitrogen and oxygen atoms in total. The molecule has 0 saturated heterocycles. The number of halogens is 1. The Morgan fingerprint density at radius 1 is 1.20 bits per heavy atom. The summed E-state index contributed by atoms with van der Waals surface area (Å²) in [6.45, 7) is 4.81.